The molecule has 1 N–H and O–H groups in total. The van der Waals surface area contributed by atoms with Crippen LogP contribution in [0.3, 0.4) is 0 Å². The number of carbonyl (C=O) groups is 2. The Labute approximate surface area is 161 Å². The summed E-state index contributed by atoms with van der Waals surface area (Å²) in [5, 5.41) is 2.52. The third-order valence-electron chi connectivity index (χ3n) is 3.75. The molecular weight excluding hydrogens is 367 g/mol. The maximum atomic E-state index is 11.2. The molecule has 7 heteroatoms. The SMILES string of the molecule is C=CCN(CC=C)C(=O)C(Cl)Cl.O=C(S)NCCC1CCCCC1. The summed E-state index contributed by atoms with van der Waals surface area (Å²) in [5.41, 5.74) is 0. The average Bonchev–Trinajstić information content (AvgIpc) is 2.55. The lowest BCUT2D eigenvalue weighted by atomic mass is 9.87. The highest BCUT2D eigenvalue weighted by Crippen LogP contribution is 2.25. The van der Waals surface area contributed by atoms with Crippen LogP contribution in [0.2, 0.25) is 0 Å². The summed E-state index contributed by atoms with van der Waals surface area (Å²) in [7, 11) is 0. The first kappa shape index (κ1) is 23.4. The normalized spacial score (nSPS) is 14.3. The van der Waals surface area contributed by atoms with Crippen LogP contribution >= 0.6 is 35.8 Å². The monoisotopic (exact) mass is 394 g/mol. The lowest BCUT2D eigenvalue weighted by Gasteiger charge is -2.21. The molecule has 0 bridgehead atoms. The van der Waals surface area contributed by atoms with Crippen molar-refractivity contribution in [1.29, 1.82) is 0 Å². The predicted octanol–water partition coefficient (Wildman–Crippen LogP) is 4.59. The van der Waals surface area contributed by atoms with Gasteiger partial charge in [-0.15, -0.1) is 13.2 Å². The Bertz CT molecular complexity index is 390. The Hall–Kier alpha value is -0.650. The lowest BCUT2D eigenvalue weighted by Crippen LogP contribution is -2.35. The molecule has 138 valence electrons. The number of hydrogen-bond acceptors (Lipinski definition) is 2. The van der Waals surface area contributed by atoms with Crippen molar-refractivity contribution < 1.29 is 9.59 Å². The quantitative estimate of drug-likeness (QED) is 0.359. The number of thiol groups is 1. The molecule has 1 aliphatic carbocycles. The fourth-order valence-corrected chi connectivity index (χ4v) is 2.95. The van der Waals surface area contributed by atoms with E-state index in [-0.39, 0.29) is 11.1 Å². The molecule has 24 heavy (non-hydrogen) atoms. The van der Waals surface area contributed by atoms with Crippen molar-refractivity contribution >= 4 is 47.0 Å². The first-order valence-electron chi connectivity index (χ1n) is 8.17. The van der Waals surface area contributed by atoms with Gasteiger partial charge in [-0.2, -0.15) is 0 Å². The maximum Gasteiger partial charge on any atom is 0.275 e. The van der Waals surface area contributed by atoms with Crippen LogP contribution in [0.1, 0.15) is 38.5 Å². The Morgan fingerprint density at radius 2 is 1.71 bits per heavy atom. The van der Waals surface area contributed by atoms with Crippen LogP contribution in [-0.4, -0.2) is 40.5 Å². The Morgan fingerprint density at radius 3 is 2.12 bits per heavy atom. The largest absolute Gasteiger partial charge is 0.347 e. The molecule has 2 amide bonds. The van der Waals surface area contributed by atoms with E-state index in [4.69, 9.17) is 23.2 Å². The molecule has 0 heterocycles. The Balaban J connectivity index is 0.000000441. The first-order valence-corrected chi connectivity index (χ1v) is 9.49. The van der Waals surface area contributed by atoms with Gasteiger partial charge in [0.25, 0.3) is 11.1 Å². The van der Waals surface area contributed by atoms with E-state index in [2.05, 4.69) is 31.1 Å². The van der Waals surface area contributed by atoms with Gasteiger partial charge in [-0.25, -0.2) is 0 Å². The van der Waals surface area contributed by atoms with Gasteiger partial charge in [-0.05, 0) is 12.3 Å². The molecule has 0 atom stereocenters. The van der Waals surface area contributed by atoms with E-state index in [1.165, 1.54) is 37.0 Å². The van der Waals surface area contributed by atoms with E-state index in [1.54, 1.807) is 12.2 Å². The average molecular weight is 395 g/mol. The summed E-state index contributed by atoms with van der Waals surface area (Å²) in [6, 6.07) is 0. The van der Waals surface area contributed by atoms with Gasteiger partial charge in [0.1, 0.15) is 0 Å². The zero-order valence-electron chi connectivity index (χ0n) is 14.1. The van der Waals surface area contributed by atoms with Crippen LogP contribution in [-0.2, 0) is 4.79 Å². The molecule has 1 saturated carbocycles. The number of halogens is 2. The summed E-state index contributed by atoms with van der Waals surface area (Å²) in [4.78, 5) is 22.1. The van der Waals surface area contributed by atoms with Crippen molar-refractivity contribution in [2.75, 3.05) is 19.6 Å². The lowest BCUT2D eigenvalue weighted by molar-refractivity contribution is -0.128. The van der Waals surface area contributed by atoms with E-state index in [9.17, 15) is 9.59 Å². The minimum absolute atomic E-state index is 0.203. The van der Waals surface area contributed by atoms with Gasteiger partial charge in [-0.3, -0.25) is 9.59 Å². The van der Waals surface area contributed by atoms with E-state index in [1.807, 2.05) is 0 Å². The molecule has 1 rings (SSSR count). The Kier molecular flexibility index (Phi) is 14.3. The zero-order valence-corrected chi connectivity index (χ0v) is 16.5. The van der Waals surface area contributed by atoms with E-state index < -0.39 is 4.84 Å². The molecule has 0 aromatic rings. The van der Waals surface area contributed by atoms with Crippen LogP contribution in [0.5, 0.6) is 0 Å². The first-order chi connectivity index (χ1) is 11.4. The van der Waals surface area contributed by atoms with Crippen LogP contribution < -0.4 is 5.32 Å². The third-order valence-corrected chi connectivity index (χ3v) is 4.28. The number of nitrogens with zero attached hydrogens (tertiary/aromatic N) is 1. The van der Waals surface area contributed by atoms with E-state index in [0.29, 0.717) is 13.1 Å². The van der Waals surface area contributed by atoms with Crippen LogP contribution in [0, 0.1) is 5.92 Å². The van der Waals surface area contributed by atoms with Crippen molar-refractivity contribution in [3.8, 4) is 0 Å². The van der Waals surface area contributed by atoms with Gasteiger partial charge < -0.3 is 10.2 Å². The number of nitrogens with one attached hydrogen (secondary N) is 1. The topological polar surface area (TPSA) is 49.4 Å². The van der Waals surface area contributed by atoms with Gasteiger partial charge in [0, 0.05) is 19.6 Å². The summed E-state index contributed by atoms with van der Waals surface area (Å²) in [6.45, 7) is 8.68. The minimum Gasteiger partial charge on any atom is -0.347 e. The highest BCUT2D eigenvalue weighted by molar-refractivity contribution is 7.96. The molecule has 0 saturated heterocycles. The van der Waals surface area contributed by atoms with Crippen LogP contribution in [0.4, 0.5) is 4.79 Å². The number of amides is 2. The molecule has 1 fully saturated rings. The molecule has 4 nitrogen and oxygen atoms in total. The van der Waals surface area contributed by atoms with Crippen molar-refractivity contribution in [2.45, 2.75) is 43.4 Å². The zero-order chi connectivity index (χ0) is 18.4. The van der Waals surface area contributed by atoms with Crippen molar-refractivity contribution in [1.82, 2.24) is 10.2 Å². The number of alkyl halides is 2. The van der Waals surface area contributed by atoms with E-state index >= 15 is 0 Å². The van der Waals surface area contributed by atoms with Gasteiger partial charge >= 0.3 is 0 Å². The van der Waals surface area contributed by atoms with Crippen LogP contribution in [0.25, 0.3) is 0 Å². The molecule has 0 radical (unpaired) electrons. The molecular formula is C17H28Cl2N2O2S. The minimum atomic E-state index is -1.01. The summed E-state index contributed by atoms with van der Waals surface area (Å²) in [6.07, 6.45) is 11.2. The summed E-state index contributed by atoms with van der Waals surface area (Å²) in [5.74, 6) is 0.525. The highest BCUT2D eigenvalue weighted by atomic mass is 35.5. The molecule has 0 aliphatic heterocycles. The van der Waals surface area contributed by atoms with Gasteiger partial charge in [0.15, 0.2) is 4.84 Å². The fraction of sp³-hybridized carbons (Fsp3) is 0.647. The second-order valence-corrected chi connectivity index (χ2v) is 7.15. The van der Waals surface area contributed by atoms with Crippen molar-refractivity contribution in [3.63, 3.8) is 0 Å². The standard InChI is InChI=1S/C9H17NOS.C8H11Cl2NO/c11-9(12)10-7-6-8-4-2-1-3-5-8;1-3-5-11(6-4-2)8(12)7(9)10/h8H,1-7H2,(H2,10,11,12);3-4,7H,1-2,5-6H2. The Morgan fingerprint density at radius 1 is 1.17 bits per heavy atom. The van der Waals surface area contributed by atoms with Crippen LogP contribution in [0.15, 0.2) is 25.3 Å². The van der Waals surface area contributed by atoms with Crippen molar-refractivity contribution in [2.24, 2.45) is 5.92 Å². The van der Waals surface area contributed by atoms with E-state index in [0.717, 1.165) is 18.9 Å². The summed E-state index contributed by atoms with van der Waals surface area (Å²) < 4.78 is 0. The number of carbonyl (C=O) groups excluding carboxylic acids is 2. The predicted molar refractivity (Wildman–Crippen MR) is 106 cm³/mol. The molecule has 0 spiro atoms. The van der Waals surface area contributed by atoms with Gasteiger partial charge in [0.05, 0.1) is 0 Å². The number of hydrogen-bond donors (Lipinski definition) is 2. The smallest absolute Gasteiger partial charge is 0.275 e. The molecule has 0 aromatic heterocycles. The second-order valence-electron chi connectivity index (χ2n) is 5.65. The number of rotatable bonds is 8. The van der Waals surface area contributed by atoms with Gasteiger partial charge in [0.2, 0.25) is 0 Å². The molecule has 1 aliphatic rings. The fourth-order valence-electron chi connectivity index (χ4n) is 2.56. The second kappa shape index (κ2) is 14.7. The van der Waals surface area contributed by atoms with Gasteiger partial charge in [-0.1, -0.05) is 80.1 Å². The molecule has 0 unspecified atom stereocenters. The summed E-state index contributed by atoms with van der Waals surface area (Å²) >= 11 is 14.4. The van der Waals surface area contributed by atoms with Crippen molar-refractivity contribution in [3.05, 3.63) is 25.3 Å². The third kappa shape index (κ3) is 11.8. The molecule has 0 aromatic carbocycles. The maximum absolute atomic E-state index is 11.2. The highest BCUT2D eigenvalue weighted by Gasteiger charge is 2.17.